The zero-order valence-corrected chi connectivity index (χ0v) is 16.8. The van der Waals surface area contributed by atoms with Crippen molar-refractivity contribution in [3.05, 3.63) is 80.9 Å². The van der Waals surface area contributed by atoms with Gasteiger partial charge in [-0.15, -0.1) is 0 Å². The van der Waals surface area contributed by atoms with Crippen LogP contribution < -0.4 is 17.2 Å². The molecule has 2 aromatic carbocycles. The highest BCUT2D eigenvalue weighted by molar-refractivity contribution is 6.01. The average Bonchev–Trinajstić information content (AvgIpc) is 2.67. The van der Waals surface area contributed by atoms with E-state index in [1.54, 1.807) is 0 Å². The molecule has 0 spiro atoms. The Kier molecular flexibility index (Phi) is 7.61. The predicted octanol–water partition coefficient (Wildman–Crippen LogP) is 1.40. The molecule has 0 unspecified atom stereocenters. The highest BCUT2D eigenvalue weighted by atomic mass is 16.6. The van der Waals surface area contributed by atoms with E-state index >= 15 is 0 Å². The molecule has 0 aromatic heterocycles. The SMILES string of the molecule is Cc1c([N+](=O)[O-])cc(C(N)=O)c(N)c1[N+](=O)[O-].Cc1c([N+](=O)[O-])cc(C(N)=O)cc1[N+](=O)[O-]. The zero-order chi connectivity index (χ0) is 25.8. The van der Waals surface area contributed by atoms with Gasteiger partial charge in [-0.3, -0.25) is 50.0 Å². The second kappa shape index (κ2) is 9.73. The van der Waals surface area contributed by atoms with Crippen LogP contribution in [-0.4, -0.2) is 31.5 Å². The summed E-state index contributed by atoms with van der Waals surface area (Å²) in [5.74, 6) is -2.01. The summed E-state index contributed by atoms with van der Waals surface area (Å²) in [5, 5.41) is 42.6. The van der Waals surface area contributed by atoms with Crippen molar-refractivity contribution < 1.29 is 29.3 Å². The Balaban J connectivity index is 0.000000331. The summed E-state index contributed by atoms with van der Waals surface area (Å²) in [4.78, 5) is 61.1. The van der Waals surface area contributed by atoms with E-state index in [1.807, 2.05) is 0 Å². The lowest BCUT2D eigenvalue weighted by Crippen LogP contribution is -2.16. The minimum absolute atomic E-state index is 0.111. The number of nitrogens with two attached hydrogens (primary N) is 3. The Morgan fingerprint density at radius 1 is 0.697 bits per heavy atom. The van der Waals surface area contributed by atoms with E-state index in [-0.39, 0.29) is 16.7 Å². The molecule has 2 aromatic rings. The molecule has 2 amide bonds. The summed E-state index contributed by atoms with van der Waals surface area (Å²) < 4.78 is 0. The number of nitrogen functional groups attached to an aromatic ring is 1. The van der Waals surface area contributed by atoms with Gasteiger partial charge in [0.05, 0.1) is 30.8 Å². The van der Waals surface area contributed by atoms with Crippen molar-refractivity contribution >= 4 is 40.3 Å². The van der Waals surface area contributed by atoms with Crippen LogP contribution >= 0.6 is 0 Å². The van der Waals surface area contributed by atoms with Crippen LogP contribution in [0, 0.1) is 54.3 Å². The Bertz CT molecular complexity index is 1150. The third kappa shape index (κ3) is 5.48. The molecule has 0 atom stereocenters. The first-order chi connectivity index (χ1) is 15.1. The number of hydrogen-bond donors (Lipinski definition) is 3. The van der Waals surface area contributed by atoms with Gasteiger partial charge in [0.1, 0.15) is 16.8 Å². The largest absolute Gasteiger partial charge is 0.392 e. The molecule has 17 nitrogen and oxygen atoms in total. The number of carbonyl (C=O) groups is 2. The number of nitrogens with zero attached hydrogens (tertiary/aromatic N) is 4. The summed E-state index contributed by atoms with van der Waals surface area (Å²) in [6.07, 6.45) is 0. The highest BCUT2D eigenvalue weighted by Gasteiger charge is 2.29. The molecule has 0 aliphatic carbocycles. The van der Waals surface area contributed by atoms with Gasteiger partial charge in [-0.1, -0.05) is 0 Å². The lowest BCUT2D eigenvalue weighted by atomic mass is 10.0. The normalized spacial score (nSPS) is 9.88. The summed E-state index contributed by atoms with van der Waals surface area (Å²) in [6.45, 7) is 2.42. The van der Waals surface area contributed by atoms with Gasteiger partial charge in [-0.2, -0.15) is 0 Å². The molecular weight excluding hydrogens is 450 g/mol. The quantitative estimate of drug-likeness (QED) is 0.311. The van der Waals surface area contributed by atoms with Crippen molar-refractivity contribution in [2.45, 2.75) is 13.8 Å². The first kappa shape index (κ1) is 25.8. The van der Waals surface area contributed by atoms with Crippen LogP contribution in [0.3, 0.4) is 0 Å². The molecule has 0 radical (unpaired) electrons. The molecule has 174 valence electrons. The smallest absolute Gasteiger partial charge is 0.302 e. The Hall–Kier alpha value is -5.22. The standard InChI is InChI=1S/C8H8N4O5.C8H7N3O5/c1-3-5(11(14)15)2-4(8(10)13)6(9)7(3)12(16)17;1-4-6(10(13)14)2-5(8(9)12)3-7(4)11(15)16/h2H,9H2,1H3,(H2,10,13);2-3H,1H3,(H2,9,12). The second-order valence-electron chi connectivity index (χ2n) is 6.23. The minimum Gasteiger partial charge on any atom is -0.392 e. The summed E-state index contributed by atoms with van der Waals surface area (Å²) >= 11 is 0. The van der Waals surface area contributed by atoms with Crippen molar-refractivity contribution in [2.75, 3.05) is 5.73 Å². The molecular formula is C16H15N7O10. The molecule has 17 heteroatoms. The maximum Gasteiger partial charge on any atom is 0.302 e. The second-order valence-corrected chi connectivity index (χ2v) is 6.23. The highest BCUT2D eigenvalue weighted by Crippen LogP contribution is 2.35. The molecule has 0 saturated heterocycles. The molecule has 2 rings (SSSR count). The van der Waals surface area contributed by atoms with Gasteiger partial charge in [0, 0.05) is 18.2 Å². The fourth-order valence-corrected chi connectivity index (χ4v) is 2.61. The third-order valence-corrected chi connectivity index (χ3v) is 4.24. The van der Waals surface area contributed by atoms with Gasteiger partial charge in [0.15, 0.2) is 0 Å². The zero-order valence-electron chi connectivity index (χ0n) is 16.8. The van der Waals surface area contributed by atoms with Crippen molar-refractivity contribution in [1.29, 1.82) is 0 Å². The average molecular weight is 465 g/mol. The van der Waals surface area contributed by atoms with E-state index in [9.17, 15) is 50.0 Å². The summed E-state index contributed by atoms with van der Waals surface area (Å²) in [5.41, 5.74) is 11.5. The molecule has 0 saturated carbocycles. The molecule has 0 bridgehead atoms. The van der Waals surface area contributed by atoms with Crippen LogP contribution in [0.1, 0.15) is 31.8 Å². The van der Waals surface area contributed by atoms with E-state index < -0.39 is 65.5 Å². The molecule has 0 aliphatic rings. The maximum atomic E-state index is 11.0. The fourth-order valence-electron chi connectivity index (χ4n) is 2.61. The first-order valence-corrected chi connectivity index (χ1v) is 8.36. The summed E-state index contributed by atoms with van der Waals surface area (Å²) in [6, 6.07) is 2.68. The van der Waals surface area contributed by atoms with E-state index in [0.717, 1.165) is 18.2 Å². The van der Waals surface area contributed by atoms with E-state index in [1.165, 1.54) is 13.8 Å². The lowest BCUT2D eigenvalue weighted by Gasteiger charge is -2.06. The first-order valence-electron chi connectivity index (χ1n) is 8.36. The minimum atomic E-state index is -1.06. The third-order valence-electron chi connectivity index (χ3n) is 4.24. The number of rotatable bonds is 6. The molecule has 6 N–H and O–H groups in total. The molecule has 0 fully saturated rings. The Labute approximate surface area is 182 Å². The van der Waals surface area contributed by atoms with E-state index in [0.29, 0.717) is 0 Å². The van der Waals surface area contributed by atoms with Gasteiger partial charge >= 0.3 is 5.69 Å². The van der Waals surface area contributed by atoms with Crippen LogP contribution in [0.5, 0.6) is 0 Å². The van der Waals surface area contributed by atoms with Gasteiger partial charge in [-0.25, -0.2) is 0 Å². The number of nitro groups is 4. The van der Waals surface area contributed by atoms with Crippen molar-refractivity contribution in [3.8, 4) is 0 Å². The summed E-state index contributed by atoms with van der Waals surface area (Å²) in [7, 11) is 0. The van der Waals surface area contributed by atoms with E-state index in [4.69, 9.17) is 17.2 Å². The van der Waals surface area contributed by atoms with Crippen LogP contribution in [0.25, 0.3) is 0 Å². The topological polar surface area (TPSA) is 285 Å². The number of hydrogen-bond acceptors (Lipinski definition) is 11. The van der Waals surface area contributed by atoms with Gasteiger partial charge in [-0.05, 0) is 13.8 Å². The Morgan fingerprint density at radius 2 is 1.09 bits per heavy atom. The number of amides is 2. The van der Waals surface area contributed by atoms with Gasteiger partial charge < -0.3 is 17.2 Å². The molecule has 0 aliphatic heterocycles. The maximum absolute atomic E-state index is 11.0. The fraction of sp³-hybridized carbons (Fsp3) is 0.125. The predicted molar refractivity (Wildman–Crippen MR) is 110 cm³/mol. The molecule has 33 heavy (non-hydrogen) atoms. The van der Waals surface area contributed by atoms with Gasteiger partial charge in [0.25, 0.3) is 23.0 Å². The van der Waals surface area contributed by atoms with Crippen LogP contribution in [0.4, 0.5) is 28.4 Å². The number of anilines is 1. The lowest BCUT2D eigenvalue weighted by molar-refractivity contribution is -0.395. The monoisotopic (exact) mass is 465 g/mol. The van der Waals surface area contributed by atoms with Crippen LogP contribution in [-0.2, 0) is 0 Å². The van der Waals surface area contributed by atoms with Crippen molar-refractivity contribution in [3.63, 3.8) is 0 Å². The number of carbonyl (C=O) groups excluding carboxylic acids is 2. The number of benzene rings is 2. The van der Waals surface area contributed by atoms with Crippen LogP contribution in [0.15, 0.2) is 18.2 Å². The van der Waals surface area contributed by atoms with Gasteiger partial charge in [0.2, 0.25) is 5.91 Å². The van der Waals surface area contributed by atoms with E-state index in [2.05, 4.69) is 0 Å². The molecule has 0 heterocycles. The Morgan fingerprint density at radius 3 is 1.39 bits per heavy atom. The van der Waals surface area contributed by atoms with Crippen LogP contribution in [0.2, 0.25) is 0 Å². The van der Waals surface area contributed by atoms with Crippen molar-refractivity contribution in [2.24, 2.45) is 11.5 Å². The van der Waals surface area contributed by atoms with Crippen molar-refractivity contribution in [1.82, 2.24) is 0 Å². The number of primary amides is 2. The number of nitro benzene ring substituents is 4.